The number of aliphatic hydroxyl groups is 1. The summed E-state index contributed by atoms with van der Waals surface area (Å²) in [6.45, 7) is 0.0318. The molecule has 2 N–H and O–H groups in total. The van der Waals surface area contributed by atoms with Crippen LogP contribution < -0.4 is 10.1 Å². The number of hydrogen-bond donors (Lipinski definition) is 2. The summed E-state index contributed by atoms with van der Waals surface area (Å²) in [5, 5.41) is 21.4. The lowest BCUT2D eigenvalue weighted by Crippen LogP contribution is -2.42. The minimum Gasteiger partial charge on any atom is -0.481 e. The smallest absolute Gasteiger partial charge is 0.244 e. The average molecular weight is 367 g/mol. The number of hydrogen-bond acceptors (Lipinski definition) is 6. The topological polar surface area (TPSA) is 102 Å². The molecule has 1 saturated carbocycles. The molecule has 2 heterocycles. The van der Waals surface area contributed by atoms with E-state index < -0.39 is 0 Å². The highest BCUT2D eigenvalue weighted by Gasteiger charge is 2.36. The van der Waals surface area contributed by atoms with Gasteiger partial charge >= 0.3 is 0 Å². The molecule has 1 fully saturated rings. The Labute approximate surface area is 156 Å². The largest absolute Gasteiger partial charge is 0.481 e. The molecule has 0 bridgehead atoms. The second kappa shape index (κ2) is 7.32. The van der Waals surface area contributed by atoms with Crippen LogP contribution in [0, 0.1) is 5.92 Å². The zero-order valence-electron chi connectivity index (χ0n) is 14.9. The first-order valence-corrected chi connectivity index (χ1v) is 8.89. The van der Waals surface area contributed by atoms with Crippen molar-refractivity contribution in [2.24, 2.45) is 5.92 Å². The summed E-state index contributed by atoms with van der Waals surface area (Å²) in [5.74, 6) is 0.506. The number of methoxy groups -OCH3 is 1. The Hall–Kier alpha value is -3.00. The minimum absolute atomic E-state index is 0.0318. The summed E-state index contributed by atoms with van der Waals surface area (Å²) in [7, 11) is 1.56. The van der Waals surface area contributed by atoms with E-state index in [-0.39, 0.29) is 30.5 Å². The Bertz CT molecular complexity index is 901. The van der Waals surface area contributed by atoms with Crippen molar-refractivity contribution in [1.29, 1.82) is 0 Å². The normalized spacial score (nSPS) is 20.1. The second-order valence-corrected chi connectivity index (χ2v) is 6.78. The lowest BCUT2D eigenvalue weighted by molar-refractivity contribution is -0.124. The van der Waals surface area contributed by atoms with Gasteiger partial charge in [0.1, 0.15) is 17.6 Å². The van der Waals surface area contributed by atoms with Crippen LogP contribution in [-0.2, 0) is 11.3 Å². The van der Waals surface area contributed by atoms with E-state index in [0.717, 1.165) is 16.6 Å². The number of ether oxygens (including phenoxy) is 1. The van der Waals surface area contributed by atoms with Crippen molar-refractivity contribution in [1.82, 2.24) is 25.3 Å². The molecule has 0 spiro atoms. The summed E-state index contributed by atoms with van der Waals surface area (Å²) >= 11 is 0. The van der Waals surface area contributed by atoms with Crippen molar-refractivity contribution < 1.29 is 14.6 Å². The fourth-order valence-electron chi connectivity index (χ4n) is 3.39. The molecule has 2 aromatic heterocycles. The van der Waals surface area contributed by atoms with Crippen molar-refractivity contribution in [3.05, 3.63) is 48.2 Å². The summed E-state index contributed by atoms with van der Waals surface area (Å²) in [6, 6.07) is 10.9. The summed E-state index contributed by atoms with van der Waals surface area (Å²) < 4.78 is 5.10. The van der Waals surface area contributed by atoms with Gasteiger partial charge in [0, 0.05) is 12.3 Å². The van der Waals surface area contributed by atoms with Crippen LogP contribution in [0.2, 0.25) is 0 Å². The van der Waals surface area contributed by atoms with E-state index in [2.05, 4.69) is 20.5 Å². The molecule has 3 aromatic rings. The predicted octanol–water partition coefficient (Wildman–Crippen LogP) is 1.46. The molecule has 0 radical (unpaired) electrons. The van der Waals surface area contributed by atoms with Crippen molar-refractivity contribution in [2.45, 2.75) is 31.5 Å². The van der Waals surface area contributed by atoms with Gasteiger partial charge in [0.2, 0.25) is 11.8 Å². The van der Waals surface area contributed by atoms with E-state index >= 15 is 0 Å². The van der Waals surface area contributed by atoms with Crippen LogP contribution in [0.3, 0.4) is 0 Å². The van der Waals surface area contributed by atoms with Gasteiger partial charge in [0.25, 0.3) is 0 Å². The maximum absolute atomic E-state index is 12.6. The predicted molar refractivity (Wildman–Crippen MR) is 97.9 cm³/mol. The number of benzene rings is 1. The zero-order chi connectivity index (χ0) is 18.8. The van der Waals surface area contributed by atoms with Gasteiger partial charge in [-0.3, -0.25) is 4.79 Å². The molecule has 0 saturated heterocycles. The number of aromatic nitrogens is 4. The van der Waals surface area contributed by atoms with Crippen LogP contribution in [0.5, 0.6) is 5.88 Å². The number of nitrogens with one attached hydrogen (secondary N) is 1. The summed E-state index contributed by atoms with van der Waals surface area (Å²) in [5.41, 5.74) is 2.39. The summed E-state index contributed by atoms with van der Waals surface area (Å²) in [6.07, 6.45) is 2.70. The Kier molecular flexibility index (Phi) is 4.72. The van der Waals surface area contributed by atoms with Crippen LogP contribution in [0.1, 0.15) is 24.4 Å². The highest BCUT2D eigenvalue weighted by atomic mass is 16.5. The number of carbonyl (C=O) groups is 1. The first kappa shape index (κ1) is 17.4. The molecule has 1 aromatic carbocycles. The number of carbonyl (C=O) groups excluding carboxylic acids is 1. The van der Waals surface area contributed by atoms with Gasteiger partial charge < -0.3 is 15.2 Å². The van der Waals surface area contributed by atoms with Crippen molar-refractivity contribution >= 4 is 16.9 Å². The third kappa shape index (κ3) is 3.75. The van der Waals surface area contributed by atoms with Crippen molar-refractivity contribution in [2.75, 3.05) is 7.11 Å². The standard InChI is InChI=1S/C19H21N5O3/c1-27-18-7-6-12(10-20-18)19(13-8-14(25)9-13)21-17(26)11-24-22-15-4-2-3-5-16(15)23-24/h2-7,10,13-14,19,25H,8-9,11H2,1H3,(H,21,26)/t13?,14?,19-/m0/s1. The van der Waals surface area contributed by atoms with Gasteiger partial charge in [-0.1, -0.05) is 18.2 Å². The third-order valence-electron chi connectivity index (χ3n) is 4.88. The van der Waals surface area contributed by atoms with Gasteiger partial charge in [0.05, 0.1) is 19.3 Å². The Morgan fingerprint density at radius 1 is 1.26 bits per heavy atom. The van der Waals surface area contributed by atoms with Crippen LogP contribution in [0.25, 0.3) is 11.0 Å². The van der Waals surface area contributed by atoms with Crippen LogP contribution in [0.15, 0.2) is 42.6 Å². The van der Waals surface area contributed by atoms with E-state index in [0.29, 0.717) is 18.7 Å². The quantitative estimate of drug-likeness (QED) is 0.684. The third-order valence-corrected chi connectivity index (χ3v) is 4.88. The number of rotatable bonds is 6. The van der Waals surface area contributed by atoms with Crippen molar-refractivity contribution in [3.8, 4) is 5.88 Å². The SMILES string of the molecule is COc1ccc([C@H](NC(=O)Cn2nc3ccccc3n2)C2CC(O)C2)cn1. The Balaban J connectivity index is 1.48. The molecule has 1 aliphatic rings. The molecule has 1 atom stereocenters. The van der Waals surface area contributed by atoms with Crippen LogP contribution >= 0.6 is 0 Å². The Morgan fingerprint density at radius 2 is 1.96 bits per heavy atom. The molecular formula is C19H21N5O3. The highest BCUT2D eigenvalue weighted by molar-refractivity contribution is 5.77. The second-order valence-electron chi connectivity index (χ2n) is 6.78. The van der Waals surface area contributed by atoms with Gasteiger partial charge in [-0.05, 0) is 36.5 Å². The van der Waals surface area contributed by atoms with E-state index in [1.807, 2.05) is 30.3 Å². The maximum atomic E-state index is 12.6. The first-order chi connectivity index (χ1) is 13.1. The molecule has 8 nitrogen and oxygen atoms in total. The van der Waals surface area contributed by atoms with E-state index in [9.17, 15) is 9.90 Å². The summed E-state index contributed by atoms with van der Waals surface area (Å²) in [4.78, 5) is 18.2. The van der Waals surface area contributed by atoms with Crippen LogP contribution in [0.4, 0.5) is 0 Å². The van der Waals surface area contributed by atoms with Crippen molar-refractivity contribution in [3.63, 3.8) is 0 Å². The monoisotopic (exact) mass is 367 g/mol. The maximum Gasteiger partial charge on any atom is 0.244 e. The average Bonchev–Trinajstić information content (AvgIpc) is 3.06. The van der Waals surface area contributed by atoms with Crippen LogP contribution in [-0.4, -0.2) is 44.2 Å². The van der Waals surface area contributed by atoms with Gasteiger partial charge in [-0.2, -0.15) is 15.0 Å². The Morgan fingerprint density at radius 3 is 2.52 bits per heavy atom. The lowest BCUT2D eigenvalue weighted by Gasteiger charge is -2.38. The molecule has 0 aliphatic heterocycles. The molecule has 1 amide bonds. The number of fused-ring (bicyclic) bond motifs is 1. The molecule has 0 unspecified atom stereocenters. The molecule has 140 valence electrons. The minimum atomic E-state index is -0.307. The fourth-order valence-corrected chi connectivity index (χ4v) is 3.39. The number of pyridine rings is 1. The molecule has 1 aliphatic carbocycles. The van der Waals surface area contributed by atoms with E-state index in [4.69, 9.17) is 4.74 Å². The number of amides is 1. The first-order valence-electron chi connectivity index (χ1n) is 8.89. The van der Waals surface area contributed by atoms with Gasteiger partial charge in [-0.25, -0.2) is 4.98 Å². The highest BCUT2D eigenvalue weighted by Crippen LogP contribution is 2.38. The molecular weight excluding hydrogens is 346 g/mol. The zero-order valence-corrected chi connectivity index (χ0v) is 14.9. The number of nitrogens with zero attached hydrogens (tertiary/aromatic N) is 4. The lowest BCUT2D eigenvalue weighted by atomic mass is 9.75. The number of aliphatic hydroxyl groups excluding tert-OH is 1. The van der Waals surface area contributed by atoms with Gasteiger partial charge in [-0.15, -0.1) is 0 Å². The van der Waals surface area contributed by atoms with E-state index in [1.165, 1.54) is 4.80 Å². The van der Waals surface area contributed by atoms with Gasteiger partial charge in [0.15, 0.2) is 0 Å². The fraction of sp³-hybridized carbons (Fsp3) is 0.368. The van der Waals surface area contributed by atoms with E-state index in [1.54, 1.807) is 19.4 Å². The molecule has 4 rings (SSSR count). The molecule has 8 heteroatoms. The molecule has 27 heavy (non-hydrogen) atoms.